The molecule has 2 aromatic rings. The van der Waals surface area contributed by atoms with Gasteiger partial charge >= 0.3 is 30.2 Å². The number of hydrogen-bond acceptors (Lipinski definition) is 0. The van der Waals surface area contributed by atoms with Crippen molar-refractivity contribution in [2.75, 3.05) is 0 Å². The maximum atomic E-state index is 3.76. The first kappa shape index (κ1) is 29.8. The fourth-order valence-electron chi connectivity index (χ4n) is 3.89. The molecule has 0 unspecified atom stereocenters. The summed E-state index contributed by atoms with van der Waals surface area (Å²) in [5, 5.41) is 0. The number of halogens is 2. The third kappa shape index (κ3) is 5.01. The Balaban J connectivity index is 0. The molecule has 150 valence electrons. The minimum absolute atomic E-state index is 0. The second-order valence-corrected chi connectivity index (χ2v) is 6.65. The second-order valence-electron chi connectivity index (χ2n) is 6.65. The van der Waals surface area contributed by atoms with Gasteiger partial charge in [-0.25, -0.2) is 0 Å². The normalized spacial score (nSPS) is 11.9. The van der Waals surface area contributed by atoms with E-state index in [0.29, 0.717) is 0 Å². The third-order valence-corrected chi connectivity index (χ3v) is 5.42. The minimum atomic E-state index is 0. The Hall–Kier alpha value is -0.400. The molecule has 0 saturated carbocycles. The van der Waals surface area contributed by atoms with Gasteiger partial charge in [0.15, 0.2) is 0 Å². The summed E-state index contributed by atoms with van der Waals surface area (Å²) in [5.74, 6) is 0. The first-order valence-corrected chi connectivity index (χ1v) is 12.5. The van der Waals surface area contributed by atoms with Crippen molar-refractivity contribution < 1.29 is 23.3 Å². The van der Waals surface area contributed by atoms with Crippen molar-refractivity contribution in [3.8, 4) is 11.1 Å². The van der Waals surface area contributed by atoms with E-state index >= 15 is 0 Å². The molecule has 0 heterocycles. The first-order chi connectivity index (χ1) is 11.6. The van der Waals surface area contributed by atoms with Crippen molar-refractivity contribution >= 4 is 37.3 Å². The standard InChI is InChI=1S/C22H21.2CH3.2ClH.Si.Zr/c1-13-9-10-18-11-19-12-20(17-7-5-6-8-17)15(3)16(4)22(19)21(18)14(13)2;;;;;;/h5-7,9-10H,8,11H2,1-4H3;2*1H3;2*1H;;/q3*-1;;;;. The summed E-state index contributed by atoms with van der Waals surface area (Å²) in [6, 6.07) is 8.32. The zero-order valence-electron chi connectivity index (χ0n) is 17.6. The number of fused-ring (bicyclic) bond motifs is 3. The molecular weight excluding hydrogens is 478 g/mol. The number of benzene rings is 2. The Kier molecular flexibility index (Phi) is 13.1. The molecule has 0 bridgehead atoms. The summed E-state index contributed by atoms with van der Waals surface area (Å²) in [5.41, 5.74) is 14.1. The molecule has 2 aliphatic carbocycles. The molecule has 2 aromatic carbocycles. The van der Waals surface area contributed by atoms with E-state index in [2.05, 4.69) is 71.0 Å². The Morgan fingerprint density at radius 1 is 0.893 bits per heavy atom. The quantitative estimate of drug-likeness (QED) is 0.246. The van der Waals surface area contributed by atoms with Crippen LogP contribution in [0.2, 0.25) is 0 Å². The summed E-state index contributed by atoms with van der Waals surface area (Å²) in [7, 11) is 0. The first-order valence-electron chi connectivity index (χ1n) is 8.33. The molecule has 4 heteroatoms. The molecule has 0 spiro atoms. The summed E-state index contributed by atoms with van der Waals surface area (Å²) >= 11 is 1.36. The molecule has 0 aromatic heterocycles. The van der Waals surface area contributed by atoms with Gasteiger partial charge in [-0.3, -0.25) is 0 Å². The van der Waals surface area contributed by atoms with E-state index < -0.39 is 0 Å². The molecule has 2 radical (unpaired) electrons. The van der Waals surface area contributed by atoms with Crippen LogP contribution in [0.25, 0.3) is 16.7 Å². The van der Waals surface area contributed by atoms with Crippen molar-refractivity contribution in [3.05, 3.63) is 90.2 Å². The molecular formula is C24H29Cl2SiZr-3. The van der Waals surface area contributed by atoms with Crippen LogP contribution in [0.4, 0.5) is 0 Å². The van der Waals surface area contributed by atoms with E-state index in [-0.39, 0.29) is 39.7 Å². The monoisotopic (exact) mass is 505 g/mol. The van der Waals surface area contributed by atoms with Gasteiger partial charge in [0.2, 0.25) is 0 Å². The molecule has 0 fully saturated rings. The SMILES string of the molecule is Cc1ccc2c(c1C)-c1c([c-]c(C3=CC=CC3)c(C)c1C)C2.Cl.Cl.[CH3-].[CH3-].[Si]=[Zr]. The van der Waals surface area contributed by atoms with Crippen molar-refractivity contribution in [3.63, 3.8) is 0 Å². The van der Waals surface area contributed by atoms with Crippen molar-refractivity contribution in [2.24, 2.45) is 0 Å². The Bertz CT molecular complexity index is 898. The van der Waals surface area contributed by atoms with Crippen LogP contribution in [-0.2, 0) is 29.8 Å². The molecule has 2 aliphatic rings. The van der Waals surface area contributed by atoms with E-state index in [0.717, 1.165) is 12.8 Å². The van der Waals surface area contributed by atoms with Crippen LogP contribution in [0.1, 0.15) is 45.4 Å². The van der Waals surface area contributed by atoms with Crippen molar-refractivity contribution in [1.82, 2.24) is 0 Å². The maximum absolute atomic E-state index is 3.76. The van der Waals surface area contributed by atoms with E-state index in [9.17, 15) is 0 Å². The second kappa shape index (κ2) is 12.3. The zero-order chi connectivity index (χ0) is 17.4. The van der Waals surface area contributed by atoms with Crippen LogP contribution in [-0.4, -0.2) is 6.88 Å². The van der Waals surface area contributed by atoms with Gasteiger partial charge in [0.1, 0.15) is 0 Å². The third-order valence-electron chi connectivity index (χ3n) is 5.42. The predicted octanol–water partition coefficient (Wildman–Crippen LogP) is 7.00. The van der Waals surface area contributed by atoms with Crippen LogP contribution >= 0.6 is 24.8 Å². The fourth-order valence-corrected chi connectivity index (χ4v) is 3.89. The summed E-state index contributed by atoms with van der Waals surface area (Å²) in [4.78, 5) is 0. The number of hydrogen-bond donors (Lipinski definition) is 0. The van der Waals surface area contributed by atoms with E-state index in [1.165, 1.54) is 79.0 Å². The van der Waals surface area contributed by atoms with E-state index in [1.807, 2.05) is 0 Å². The van der Waals surface area contributed by atoms with Crippen molar-refractivity contribution in [1.29, 1.82) is 0 Å². The molecule has 0 amide bonds. The topological polar surface area (TPSA) is 0 Å². The zero-order valence-corrected chi connectivity index (χ0v) is 22.7. The van der Waals surface area contributed by atoms with Gasteiger partial charge in [-0.1, -0.05) is 49.3 Å². The predicted molar refractivity (Wildman–Crippen MR) is 127 cm³/mol. The van der Waals surface area contributed by atoms with Crippen LogP contribution in [0.15, 0.2) is 30.4 Å². The fraction of sp³-hybridized carbons (Fsp3) is 0.250. The Labute approximate surface area is 201 Å². The molecule has 0 atom stereocenters. The van der Waals surface area contributed by atoms with Gasteiger partial charge in [-0.15, -0.1) is 64.8 Å². The molecule has 28 heavy (non-hydrogen) atoms. The van der Waals surface area contributed by atoms with Gasteiger partial charge < -0.3 is 14.9 Å². The summed E-state index contributed by atoms with van der Waals surface area (Å²) in [6.07, 6.45) is 8.70. The van der Waals surface area contributed by atoms with Crippen LogP contribution in [0, 0.1) is 48.6 Å². The van der Waals surface area contributed by atoms with Gasteiger partial charge in [0, 0.05) is 0 Å². The molecule has 0 nitrogen and oxygen atoms in total. The van der Waals surface area contributed by atoms with Gasteiger partial charge in [-0.05, 0) is 43.4 Å². The van der Waals surface area contributed by atoms with E-state index in [1.54, 1.807) is 0 Å². The number of allylic oxidation sites excluding steroid dienone is 4. The Morgan fingerprint density at radius 2 is 1.54 bits per heavy atom. The van der Waals surface area contributed by atoms with Crippen molar-refractivity contribution in [2.45, 2.75) is 40.5 Å². The van der Waals surface area contributed by atoms with Crippen LogP contribution < -0.4 is 0 Å². The van der Waals surface area contributed by atoms with Gasteiger partial charge in [0.25, 0.3) is 0 Å². The number of aryl methyl sites for hydroxylation is 1. The van der Waals surface area contributed by atoms with Crippen LogP contribution in [0.3, 0.4) is 0 Å². The average molecular weight is 508 g/mol. The Morgan fingerprint density at radius 3 is 2.11 bits per heavy atom. The van der Waals surface area contributed by atoms with Crippen LogP contribution in [0.5, 0.6) is 0 Å². The van der Waals surface area contributed by atoms with Gasteiger partial charge in [-0.2, -0.15) is 0 Å². The molecule has 0 N–H and O–H groups in total. The average Bonchev–Trinajstić information content (AvgIpc) is 3.24. The molecule has 0 saturated heterocycles. The van der Waals surface area contributed by atoms with Gasteiger partial charge in [0.05, 0.1) is 0 Å². The molecule has 4 rings (SSSR count). The molecule has 0 aliphatic heterocycles. The summed E-state index contributed by atoms with van der Waals surface area (Å²) in [6.45, 7) is 12.1. The number of rotatable bonds is 1. The van der Waals surface area contributed by atoms with E-state index in [4.69, 9.17) is 0 Å². The summed E-state index contributed by atoms with van der Waals surface area (Å²) < 4.78 is 0.